The van der Waals surface area contributed by atoms with Crippen LogP contribution in [0.15, 0.2) is 65.2 Å². The number of pyridine rings is 1. The van der Waals surface area contributed by atoms with Gasteiger partial charge in [-0.05, 0) is 0 Å². The van der Waals surface area contributed by atoms with Gasteiger partial charge in [-0.3, -0.25) is 4.79 Å². The summed E-state index contributed by atoms with van der Waals surface area (Å²) < 4.78 is 3.04. The Morgan fingerprint density at radius 2 is 1.82 bits per heavy atom. The van der Waals surface area contributed by atoms with Crippen molar-refractivity contribution in [2.24, 2.45) is 0 Å². The van der Waals surface area contributed by atoms with Crippen molar-refractivity contribution in [3.63, 3.8) is 0 Å². The second-order valence-corrected chi connectivity index (χ2v) is 8.07. The minimum absolute atomic E-state index is 0.0713. The summed E-state index contributed by atoms with van der Waals surface area (Å²) in [5, 5.41) is 1.46. The van der Waals surface area contributed by atoms with Crippen LogP contribution in [0.25, 0.3) is 5.70 Å². The molecule has 1 aromatic carbocycles. The topological polar surface area (TPSA) is 20.9 Å². The zero-order valence-corrected chi connectivity index (χ0v) is 15.0. The quantitative estimate of drug-likeness (QED) is 0.336. The van der Waals surface area contributed by atoms with Crippen LogP contribution in [0, 0.1) is 0 Å². The summed E-state index contributed by atoms with van der Waals surface area (Å²) in [4.78, 5) is 13.0. The molecule has 1 fully saturated rings. The predicted octanol–water partition coefficient (Wildman–Crippen LogP) is 4.23. The average molecular weight is 393 g/mol. The van der Waals surface area contributed by atoms with Gasteiger partial charge in [0.25, 0.3) is 11.5 Å². The van der Waals surface area contributed by atoms with Crippen LogP contribution in [-0.2, 0) is 0 Å². The second kappa shape index (κ2) is 7.49. The van der Waals surface area contributed by atoms with Crippen molar-refractivity contribution in [1.82, 2.24) is 0 Å². The van der Waals surface area contributed by atoms with Crippen LogP contribution in [0.1, 0.15) is 10.4 Å². The number of hydrogen-bond donors (Lipinski definition) is 0. The Balaban J connectivity index is 2.05. The lowest BCUT2D eigenvalue weighted by atomic mass is 10.1. The number of alkyl halides is 1. The maximum Gasteiger partial charge on any atom is 0.279 e. The number of aromatic nitrogens is 1. The first-order chi connectivity index (χ1) is 10.8. The van der Waals surface area contributed by atoms with Gasteiger partial charge >= 0.3 is 0 Å². The normalized spacial score (nSPS) is 20.0. The Kier molecular flexibility index (Phi) is 5.39. The lowest BCUT2D eigenvalue weighted by Crippen LogP contribution is -2.36. The molecule has 1 atom stereocenters. The van der Waals surface area contributed by atoms with Crippen LogP contribution >= 0.6 is 39.5 Å². The molecule has 1 saturated heterocycles. The zero-order valence-electron chi connectivity index (χ0n) is 11.8. The molecule has 0 amide bonds. The standard InChI is InChI=1S/C17H15BrNOS2/c18-11-14-12-21-17(22-14)15(19-9-5-2-6-10-19)16(20)13-7-3-1-4-8-13/h1-10,14H,11-12H2/q+1/b17-15-/t14-/m0/s1. The molecule has 1 aliphatic heterocycles. The van der Waals surface area contributed by atoms with Gasteiger partial charge < -0.3 is 0 Å². The molecule has 0 spiro atoms. The molecule has 22 heavy (non-hydrogen) atoms. The molecule has 1 aromatic heterocycles. The number of rotatable bonds is 4. The lowest BCUT2D eigenvalue weighted by molar-refractivity contribution is -0.576. The number of carbonyl (C=O) groups is 1. The number of halogens is 1. The summed E-state index contributed by atoms with van der Waals surface area (Å²) in [6.45, 7) is 0. The second-order valence-electron chi connectivity index (χ2n) is 4.82. The molecule has 2 heterocycles. The summed E-state index contributed by atoms with van der Waals surface area (Å²) >= 11 is 7.11. The fourth-order valence-corrected chi connectivity index (χ4v) is 5.93. The highest BCUT2D eigenvalue weighted by Gasteiger charge is 2.32. The fraction of sp³-hybridized carbons (Fsp3) is 0.176. The molecule has 2 aromatic rings. The molecule has 3 rings (SSSR count). The Morgan fingerprint density at radius 1 is 1.14 bits per heavy atom. The van der Waals surface area contributed by atoms with Crippen molar-refractivity contribution >= 4 is 50.9 Å². The van der Waals surface area contributed by atoms with Crippen molar-refractivity contribution in [3.8, 4) is 0 Å². The molecule has 0 unspecified atom stereocenters. The maximum atomic E-state index is 13.0. The Hall–Kier alpha value is -1.04. The summed E-state index contributed by atoms with van der Waals surface area (Å²) in [6.07, 6.45) is 3.87. The SMILES string of the molecule is O=C(/C(=C1\SC[C@H](CBr)S1)[n+]1ccccc1)c1ccccc1. The minimum Gasteiger partial charge on any atom is -0.282 e. The van der Waals surface area contributed by atoms with E-state index in [0.29, 0.717) is 5.25 Å². The number of thioether (sulfide) groups is 2. The third-order valence-corrected chi connectivity index (χ3v) is 7.43. The van der Waals surface area contributed by atoms with Gasteiger partial charge in [-0.1, -0.05) is 52.3 Å². The minimum atomic E-state index is 0.0713. The van der Waals surface area contributed by atoms with E-state index in [1.807, 2.05) is 65.5 Å². The molecular formula is C17H15BrNOS2+. The van der Waals surface area contributed by atoms with E-state index < -0.39 is 0 Å². The van der Waals surface area contributed by atoms with Crippen molar-refractivity contribution in [2.75, 3.05) is 11.1 Å². The third kappa shape index (κ3) is 3.47. The van der Waals surface area contributed by atoms with Crippen molar-refractivity contribution in [2.45, 2.75) is 5.25 Å². The predicted molar refractivity (Wildman–Crippen MR) is 98.3 cm³/mol. The Labute approximate surface area is 147 Å². The first-order valence-corrected chi connectivity index (χ1v) is 9.94. The van der Waals surface area contributed by atoms with E-state index in [1.54, 1.807) is 23.5 Å². The van der Waals surface area contributed by atoms with Gasteiger partial charge in [0, 0.05) is 34.0 Å². The molecular weight excluding hydrogens is 378 g/mol. The van der Waals surface area contributed by atoms with Gasteiger partial charge in [0.05, 0.1) is 0 Å². The molecule has 0 saturated carbocycles. The summed E-state index contributed by atoms with van der Waals surface area (Å²) in [7, 11) is 0. The number of nitrogens with zero attached hydrogens (tertiary/aromatic N) is 1. The maximum absolute atomic E-state index is 13.0. The summed E-state index contributed by atoms with van der Waals surface area (Å²) in [5.41, 5.74) is 1.48. The summed E-state index contributed by atoms with van der Waals surface area (Å²) in [5.74, 6) is 1.10. The zero-order chi connectivity index (χ0) is 15.4. The third-order valence-electron chi connectivity index (χ3n) is 3.26. The van der Waals surface area contributed by atoms with Gasteiger partial charge in [0.2, 0.25) is 0 Å². The molecule has 0 N–H and O–H groups in total. The van der Waals surface area contributed by atoms with E-state index in [9.17, 15) is 4.79 Å². The van der Waals surface area contributed by atoms with E-state index >= 15 is 0 Å². The molecule has 1 aliphatic rings. The summed E-state index contributed by atoms with van der Waals surface area (Å²) in [6, 6.07) is 15.3. The van der Waals surface area contributed by atoms with Gasteiger partial charge in [0.1, 0.15) is 4.24 Å². The van der Waals surface area contributed by atoms with Crippen molar-refractivity contribution in [1.29, 1.82) is 0 Å². The van der Waals surface area contributed by atoms with Crippen molar-refractivity contribution < 1.29 is 9.36 Å². The highest BCUT2D eigenvalue weighted by Crippen LogP contribution is 2.44. The van der Waals surface area contributed by atoms with Gasteiger partial charge in [0.15, 0.2) is 12.4 Å². The van der Waals surface area contributed by atoms with E-state index in [4.69, 9.17) is 0 Å². The molecule has 0 radical (unpaired) electrons. The number of hydrogen-bond acceptors (Lipinski definition) is 3. The first kappa shape index (κ1) is 15.8. The van der Waals surface area contributed by atoms with E-state index in [0.717, 1.165) is 26.6 Å². The highest BCUT2D eigenvalue weighted by molar-refractivity contribution is 9.09. The van der Waals surface area contributed by atoms with Crippen molar-refractivity contribution in [3.05, 3.63) is 70.7 Å². The van der Waals surface area contributed by atoms with E-state index in [1.165, 1.54) is 0 Å². The largest absolute Gasteiger partial charge is 0.282 e. The van der Waals surface area contributed by atoms with Crippen LogP contribution < -0.4 is 4.57 Å². The average Bonchev–Trinajstić information content (AvgIpc) is 3.05. The van der Waals surface area contributed by atoms with E-state index in [2.05, 4.69) is 15.9 Å². The van der Waals surface area contributed by atoms with Crippen LogP contribution in [-0.4, -0.2) is 22.1 Å². The molecule has 5 heteroatoms. The molecule has 2 nitrogen and oxygen atoms in total. The number of Topliss-reactive ketones (excluding diaryl/α,β-unsaturated/α-hetero) is 1. The van der Waals surface area contributed by atoms with E-state index in [-0.39, 0.29) is 5.78 Å². The van der Waals surface area contributed by atoms with Gasteiger partial charge in [-0.25, -0.2) is 0 Å². The van der Waals surface area contributed by atoms with Gasteiger partial charge in [-0.2, -0.15) is 4.57 Å². The van der Waals surface area contributed by atoms with Gasteiger partial charge in [-0.15, -0.1) is 23.5 Å². The van der Waals surface area contributed by atoms with Crippen LogP contribution in [0.3, 0.4) is 0 Å². The molecule has 112 valence electrons. The first-order valence-electron chi connectivity index (χ1n) is 6.95. The lowest BCUT2D eigenvalue weighted by Gasteiger charge is -2.05. The number of benzene rings is 1. The monoisotopic (exact) mass is 392 g/mol. The molecule has 0 aliphatic carbocycles. The Bertz CT molecular complexity index is 688. The smallest absolute Gasteiger partial charge is 0.279 e. The van der Waals surface area contributed by atoms with Crippen LogP contribution in [0.5, 0.6) is 0 Å². The Morgan fingerprint density at radius 3 is 2.45 bits per heavy atom. The fourth-order valence-electron chi connectivity index (χ4n) is 2.18. The van der Waals surface area contributed by atoms with Crippen LogP contribution in [0.2, 0.25) is 0 Å². The molecule has 0 bridgehead atoms. The number of carbonyl (C=O) groups excluding carboxylic acids is 1. The number of allylic oxidation sites excluding steroid dienone is 1. The highest BCUT2D eigenvalue weighted by atomic mass is 79.9. The number of ketones is 1. The van der Waals surface area contributed by atoms with Crippen LogP contribution in [0.4, 0.5) is 0 Å².